The molecule has 2 aliphatic heterocycles. The van der Waals surface area contributed by atoms with Gasteiger partial charge in [0.05, 0.1) is 6.54 Å². The fourth-order valence-corrected chi connectivity index (χ4v) is 3.01. The fourth-order valence-electron chi connectivity index (χ4n) is 2.59. The zero-order chi connectivity index (χ0) is 15.0. The summed E-state index contributed by atoms with van der Waals surface area (Å²) in [6.07, 6.45) is -0.345. The van der Waals surface area contributed by atoms with Gasteiger partial charge in [-0.25, -0.2) is 4.79 Å². The molecule has 6 nitrogen and oxygen atoms in total. The van der Waals surface area contributed by atoms with Crippen molar-refractivity contribution in [2.45, 2.75) is 25.0 Å². The number of halogens is 1. The number of ether oxygens (including phenoxy) is 1. The molecule has 7 heteroatoms. The highest BCUT2D eigenvalue weighted by Gasteiger charge is 2.41. The summed E-state index contributed by atoms with van der Waals surface area (Å²) in [4.78, 5) is 36.4. The summed E-state index contributed by atoms with van der Waals surface area (Å²) < 4.78 is 6.24. The lowest BCUT2D eigenvalue weighted by molar-refractivity contribution is -0.136. The molecule has 2 unspecified atom stereocenters. The summed E-state index contributed by atoms with van der Waals surface area (Å²) in [6, 6.07) is 6.87. The molecule has 1 aromatic carbocycles. The summed E-state index contributed by atoms with van der Waals surface area (Å²) in [5, 5.41) is 2.26. The molecule has 21 heavy (non-hydrogen) atoms. The molecule has 2 heterocycles. The van der Waals surface area contributed by atoms with Gasteiger partial charge in [0.15, 0.2) is 0 Å². The molecule has 0 aliphatic carbocycles. The van der Waals surface area contributed by atoms with Gasteiger partial charge in [-0.15, -0.1) is 0 Å². The molecule has 3 amide bonds. The number of cyclic esters (lactones) is 1. The van der Waals surface area contributed by atoms with Crippen molar-refractivity contribution >= 4 is 33.8 Å². The number of hydrogen-bond acceptors (Lipinski definition) is 4. The number of nitrogens with one attached hydrogen (secondary N) is 1. The highest BCUT2D eigenvalue weighted by molar-refractivity contribution is 9.10. The third-order valence-electron chi connectivity index (χ3n) is 3.65. The molecule has 2 atom stereocenters. The smallest absolute Gasteiger partial charge is 0.411 e. The standard InChI is InChI=1S/C14H13BrN2O4/c15-9-3-1-2-8(6-9)11-7-17(14(20)21-11)10-4-5-12(18)16-13(10)19/h1-3,6,10-11H,4-5,7H2,(H,16,18,19). The third-order valence-corrected chi connectivity index (χ3v) is 4.14. The molecule has 2 fully saturated rings. The van der Waals surface area contributed by atoms with Crippen molar-refractivity contribution < 1.29 is 19.1 Å². The van der Waals surface area contributed by atoms with Crippen LogP contribution in [-0.4, -0.2) is 35.4 Å². The molecule has 1 N–H and O–H groups in total. The Morgan fingerprint density at radius 1 is 1.29 bits per heavy atom. The van der Waals surface area contributed by atoms with E-state index in [1.807, 2.05) is 24.3 Å². The van der Waals surface area contributed by atoms with Crippen molar-refractivity contribution in [3.8, 4) is 0 Å². The van der Waals surface area contributed by atoms with E-state index >= 15 is 0 Å². The van der Waals surface area contributed by atoms with Gasteiger partial charge in [-0.1, -0.05) is 28.1 Å². The lowest BCUT2D eigenvalue weighted by Gasteiger charge is -2.27. The molecular weight excluding hydrogens is 340 g/mol. The van der Waals surface area contributed by atoms with E-state index in [2.05, 4.69) is 21.2 Å². The number of amides is 3. The Labute approximate surface area is 129 Å². The molecular formula is C14H13BrN2O4. The number of rotatable bonds is 2. The number of benzene rings is 1. The van der Waals surface area contributed by atoms with Crippen LogP contribution in [-0.2, 0) is 14.3 Å². The summed E-state index contributed by atoms with van der Waals surface area (Å²) in [6.45, 7) is 0.307. The molecule has 1 aromatic rings. The van der Waals surface area contributed by atoms with Crippen molar-refractivity contribution in [1.82, 2.24) is 10.2 Å². The topological polar surface area (TPSA) is 75.7 Å². The summed E-state index contributed by atoms with van der Waals surface area (Å²) in [7, 11) is 0. The Kier molecular flexibility index (Phi) is 3.67. The number of carbonyl (C=O) groups is 3. The molecule has 0 spiro atoms. The van der Waals surface area contributed by atoms with Gasteiger partial charge in [-0.05, 0) is 24.1 Å². The van der Waals surface area contributed by atoms with E-state index in [9.17, 15) is 14.4 Å². The highest BCUT2D eigenvalue weighted by Crippen LogP contribution is 2.30. The van der Waals surface area contributed by atoms with Crippen molar-refractivity contribution in [1.29, 1.82) is 0 Å². The minimum atomic E-state index is -0.632. The van der Waals surface area contributed by atoms with E-state index in [1.165, 1.54) is 4.90 Å². The largest absolute Gasteiger partial charge is 0.439 e. The molecule has 0 radical (unpaired) electrons. The number of carbonyl (C=O) groups excluding carboxylic acids is 3. The van der Waals surface area contributed by atoms with Crippen molar-refractivity contribution in [2.75, 3.05) is 6.54 Å². The average molecular weight is 353 g/mol. The van der Waals surface area contributed by atoms with Crippen LogP contribution < -0.4 is 5.32 Å². The predicted octanol–water partition coefficient (Wildman–Crippen LogP) is 1.75. The Hall–Kier alpha value is -1.89. The number of imide groups is 1. The van der Waals surface area contributed by atoms with Gasteiger partial charge in [0, 0.05) is 10.9 Å². The fraction of sp³-hybridized carbons (Fsp3) is 0.357. The molecule has 110 valence electrons. The minimum absolute atomic E-state index is 0.238. The molecule has 2 aliphatic rings. The van der Waals surface area contributed by atoms with Crippen LogP contribution in [0.5, 0.6) is 0 Å². The monoisotopic (exact) mass is 352 g/mol. The second-order valence-corrected chi connectivity index (χ2v) is 5.96. The molecule has 0 aromatic heterocycles. The van der Waals surface area contributed by atoms with Gasteiger partial charge < -0.3 is 4.74 Å². The van der Waals surface area contributed by atoms with E-state index in [4.69, 9.17) is 4.74 Å². The van der Waals surface area contributed by atoms with Crippen LogP contribution in [0.4, 0.5) is 4.79 Å². The highest BCUT2D eigenvalue weighted by atomic mass is 79.9. The SMILES string of the molecule is O=C1CCC(N2CC(c3cccc(Br)c3)OC2=O)C(=O)N1. The van der Waals surface area contributed by atoms with Crippen LogP contribution in [0.1, 0.15) is 24.5 Å². The van der Waals surface area contributed by atoms with Crippen LogP contribution in [0.15, 0.2) is 28.7 Å². The summed E-state index contributed by atoms with van der Waals surface area (Å²) >= 11 is 3.38. The van der Waals surface area contributed by atoms with Gasteiger partial charge in [-0.2, -0.15) is 0 Å². The maximum absolute atomic E-state index is 12.0. The summed E-state index contributed by atoms with van der Waals surface area (Å²) in [5.74, 6) is -0.731. The van der Waals surface area contributed by atoms with Crippen LogP contribution in [0, 0.1) is 0 Å². The van der Waals surface area contributed by atoms with E-state index in [0.29, 0.717) is 13.0 Å². The molecule has 0 saturated carbocycles. The van der Waals surface area contributed by atoms with Crippen LogP contribution >= 0.6 is 15.9 Å². The van der Waals surface area contributed by atoms with Crippen LogP contribution in [0.3, 0.4) is 0 Å². The summed E-state index contributed by atoms with van der Waals surface area (Å²) in [5.41, 5.74) is 0.868. The zero-order valence-electron chi connectivity index (χ0n) is 11.0. The Morgan fingerprint density at radius 3 is 2.81 bits per heavy atom. The molecule has 0 bridgehead atoms. The van der Waals surface area contributed by atoms with Gasteiger partial charge >= 0.3 is 6.09 Å². The first-order chi connectivity index (χ1) is 10.0. The number of hydrogen-bond donors (Lipinski definition) is 1. The second kappa shape index (κ2) is 5.48. The number of nitrogens with zero attached hydrogens (tertiary/aromatic N) is 1. The van der Waals surface area contributed by atoms with E-state index in [0.717, 1.165) is 10.0 Å². The van der Waals surface area contributed by atoms with Gasteiger partial charge in [0.1, 0.15) is 12.1 Å². The normalized spacial score (nSPS) is 25.8. The first-order valence-electron chi connectivity index (χ1n) is 6.61. The maximum Gasteiger partial charge on any atom is 0.411 e. The lowest BCUT2D eigenvalue weighted by atomic mass is 10.0. The molecule has 2 saturated heterocycles. The van der Waals surface area contributed by atoms with Crippen LogP contribution in [0.2, 0.25) is 0 Å². The van der Waals surface area contributed by atoms with Gasteiger partial charge in [0.2, 0.25) is 11.8 Å². The predicted molar refractivity (Wildman–Crippen MR) is 76.2 cm³/mol. The van der Waals surface area contributed by atoms with Crippen LogP contribution in [0.25, 0.3) is 0 Å². The first kappa shape index (κ1) is 14.1. The van der Waals surface area contributed by atoms with Crippen molar-refractivity contribution in [3.05, 3.63) is 34.3 Å². The van der Waals surface area contributed by atoms with E-state index < -0.39 is 24.1 Å². The molecule has 3 rings (SSSR count). The van der Waals surface area contributed by atoms with Crippen molar-refractivity contribution in [2.24, 2.45) is 0 Å². The first-order valence-corrected chi connectivity index (χ1v) is 7.40. The van der Waals surface area contributed by atoms with Gasteiger partial charge in [0.25, 0.3) is 0 Å². The Morgan fingerprint density at radius 2 is 2.10 bits per heavy atom. The Balaban J connectivity index is 1.76. The quantitative estimate of drug-likeness (QED) is 0.822. The van der Waals surface area contributed by atoms with E-state index in [-0.39, 0.29) is 12.3 Å². The zero-order valence-corrected chi connectivity index (χ0v) is 12.6. The van der Waals surface area contributed by atoms with E-state index in [1.54, 1.807) is 0 Å². The minimum Gasteiger partial charge on any atom is -0.439 e. The average Bonchev–Trinajstić information content (AvgIpc) is 2.81. The second-order valence-electron chi connectivity index (χ2n) is 5.05. The lowest BCUT2D eigenvalue weighted by Crippen LogP contribution is -2.52. The van der Waals surface area contributed by atoms with Gasteiger partial charge in [-0.3, -0.25) is 19.8 Å². The number of piperidine rings is 1. The maximum atomic E-state index is 12.0. The van der Waals surface area contributed by atoms with Crippen molar-refractivity contribution in [3.63, 3.8) is 0 Å². The Bertz CT molecular complexity index is 619. The third kappa shape index (κ3) is 2.78.